The Hall–Kier alpha value is -3.15. The van der Waals surface area contributed by atoms with Gasteiger partial charge in [-0.25, -0.2) is 9.99 Å². The number of aromatic nitrogens is 1. The Balaban J connectivity index is 1.41. The highest BCUT2D eigenvalue weighted by Crippen LogP contribution is 2.33. The zero-order chi connectivity index (χ0) is 21.9. The first-order valence-corrected chi connectivity index (χ1v) is 11.3. The van der Waals surface area contributed by atoms with Crippen LogP contribution in [0.5, 0.6) is 0 Å². The van der Waals surface area contributed by atoms with Crippen molar-refractivity contribution < 1.29 is 9.21 Å². The van der Waals surface area contributed by atoms with Crippen LogP contribution >= 0.6 is 11.6 Å². The van der Waals surface area contributed by atoms with E-state index in [1.54, 1.807) is 6.07 Å². The van der Waals surface area contributed by atoms with Crippen molar-refractivity contribution >= 4 is 28.5 Å². The number of halogens is 1. The van der Waals surface area contributed by atoms with Gasteiger partial charge in [0.2, 0.25) is 0 Å². The third-order valence-electron chi connectivity index (χ3n) is 5.74. The number of hydrogen-bond acceptors (Lipinski definition) is 4. The van der Waals surface area contributed by atoms with E-state index in [1.807, 2.05) is 65.7 Å². The van der Waals surface area contributed by atoms with E-state index >= 15 is 0 Å². The molecule has 0 unspecified atom stereocenters. The number of benzene rings is 2. The lowest BCUT2D eigenvalue weighted by Crippen LogP contribution is -2.45. The molecule has 1 fully saturated rings. The van der Waals surface area contributed by atoms with Crippen molar-refractivity contribution in [3.8, 4) is 11.3 Å². The molecule has 0 saturated carbocycles. The Morgan fingerprint density at radius 2 is 1.81 bits per heavy atom. The standard InChI is InChI=1S/C26H24ClN3O2/c27-21-14-19(25-20(15-21)17-24(32-25)18-8-3-1-4-9-18)16-22-10-7-11-23(28-22)26(31)29-30-12-5-2-6-13-30/h1,3-4,7-11,14-15,17H,2,5-6,12-13,16H2,(H,29,31). The van der Waals surface area contributed by atoms with Gasteiger partial charge in [0.15, 0.2) is 0 Å². The topological polar surface area (TPSA) is 58.4 Å². The van der Waals surface area contributed by atoms with E-state index in [2.05, 4.69) is 10.4 Å². The lowest BCUT2D eigenvalue weighted by atomic mass is 10.1. The van der Waals surface area contributed by atoms with E-state index in [-0.39, 0.29) is 5.91 Å². The molecule has 0 bridgehead atoms. The average molecular weight is 446 g/mol. The summed E-state index contributed by atoms with van der Waals surface area (Å²) in [5.74, 6) is 0.626. The molecule has 0 aliphatic carbocycles. The summed E-state index contributed by atoms with van der Waals surface area (Å²) in [5, 5.41) is 3.58. The van der Waals surface area contributed by atoms with E-state index in [4.69, 9.17) is 16.0 Å². The number of nitrogens with zero attached hydrogens (tertiary/aromatic N) is 2. The quantitative estimate of drug-likeness (QED) is 0.417. The van der Waals surface area contributed by atoms with Crippen LogP contribution in [0.1, 0.15) is 41.0 Å². The molecule has 32 heavy (non-hydrogen) atoms. The summed E-state index contributed by atoms with van der Waals surface area (Å²) in [4.78, 5) is 17.3. The van der Waals surface area contributed by atoms with Crippen LogP contribution in [0.3, 0.4) is 0 Å². The van der Waals surface area contributed by atoms with E-state index in [9.17, 15) is 4.79 Å². The van der Waals surface area contributed by atoms with Crippen LogP contribution in [0.25, 0.3) is 22.3 Å². The van der Waals surface area contributed by atoms with Gasteiger partial charge in [0.1, 0.15) is 17.0 Å². The first-order chi connectivity index (χ1) is 15.7. The molecule has 5 rings (SSSR count). The van der Waals surface area contributed by atoms with Crippen LogP contribution in [0.15, 0.2) is 71.1 Å². The zero-order valence-corrected chi connectivity index (χ0v) is 18.4. The van der Waals surface area contributed by atoms with Crippen molar-refractivity contribution in [2.24, 2.45) is 0 Å². The fourth-order valence-corrected chi connectivity index (χ4v) is 4.42. The number of fused-ring (bicyclic) bond motifs is 1. The number of amides is 1. The maximum Gasteiger partial charge on any atom is 0.284 e. The fourth-order valence-electron chi connectivity index (χ4n) is 4.17. The molecular weight excluding hydrogens is 422 g/mol. The van der Waals surface area contributed by atoms with Crippen LogP contribution in [0.2, 0.25) is 5.02 Å². The number of hydrogen-bond donors (Lipinski definition) is 1. The second kappa shape index (κ2) is 9.15. The number of carbonyl (C=O) groups excluding carboxylic acids is 1. The highest BCUT2D eigenvalue weighted by atomic mass is 35.5. The Bertz CT molecular complexity index is 1250. The molecule has 162 valence electrons. The predicted octanol–water partition coefficient (Wildman–Crippen LogP) is 5.87. The van der Waals surface area contributed by atoms with E-state index < -0.39 is 0 Å². The molecule has 1 N–H and O–H groups in total. The molecule has 0 spiro atoms. The molecule has 2 aromatic heterocycles. The van der Waals surface area contributed by atoms with Crippen LogP contribution in [-0.2, 0) is 6.42 Å². The van der Waals surface area contributed by atoms with Crippen LogP contribution in [-0.4, -0.2) is 29.0 Å². The summed E-state index contributed by atoms with van der Waals surface area (Å²) in [7, 11) is 0. The normalized spacial score (nSPS) is 14.5. The van der Waals surface area contributed by atoms with E-state index in [0.717, 1.165) is 59.5 Å². The summed E-state index contributed by atoms with van der Waals surface area (Å²) in [6.45, 7) is 1.77. The van der Waals surface area contributed by atoms with Gasteiger partial charge in [-0.3, -0.25) is 10.2 Å². The molecular formula is C26H24ClN3O2. The zero-order valence-electron chi connectivity index (χ0n) is 17.7. The molecule has 0 atom stereocenters. The molecule has 5 nitrogen and oxygen atoms in total. The van der Waals surface area contributed by atoms with Crippen LogP contribution in [0, 0.1) is 0 Å². The number of hydrazine groups is 1. The minimum absolute atomic E-state index is 0.172. The van der Waals surface area contributed by atoms with E-state index in [1.165, 1.54) is 6.42 Å². The van der Waals surface area contributed by atoms with Crippen molar-refractivity contribution in [1.29, 1.82) is 0 Å². The lowest BCUT2D eigenvalue weighted by molar-refractivity contribution is 0.0744. The number of nitrogens with one attached hydrogen (secondary N) is 1. The summed E-state index contributed by atoms with van der Waals surface area (Å²) < 4.78 is 6.22. The molecule has 6 heteroatoms. The molecule has 1 aliphatic heterocycles. The average Bonchev–Trinajstić information content (AvgIpc) is 3.25. The number of furan rings is 1. The van der Waals surface area contributed by atoms with Crippen LogP contribution < -0.4 is 5.43 Å². The van der Waals surface area contributed by atoms with Gasteiger partial charge in [0.05, 0.1) is 0 Å². The maximum absolute atomic E-state index is 12.7. The number of rotatable bonds is 5. The van der Waals surface area contributed by atoms with Gasteiger partial charge in [-0.05, 0) is 43.2 Å². The van der Waals surface area contributed by atoms with Crippen molar-refractivity contribution in [3.63, 3.8) is 0 Å². The lowest BCUT2D eigenvalue weighted by Gasteiger charge is -2.26. The second-order valence-electron chi connectivity index (χ2n) is 8.14. The molecule has 0 radical (unpaired) electrons. The summed E-state index contributed by atoms with van der Waals surface area (Å²) in [6, 6.07) is 21.4. The third-order valence-corrected chi connectivity index (χ3v) is 5.96. The van der Waals surface area contributed by atoms with Crippen molar-refractivity contribution in [2.75, 3.05) is 13.1 Å². The van der Waals surface area contributed by atoms with Gasteiger partial charge in [0.25, 0.3) is 5.91 Å². The Morgan fingerprint density at radius 3 is 2.62 bits per heavy atom. The van der Waals surface area contributed by atoms with Crippen molar-refractivity contribution in [2.45, 2.75) is 25.7 Å². The minimum atomic E-state index is -0.172. The monoisotopic (exact) mass is 445 g/mol. The molecule has 1 aliphatic rings. The second-order valence-corrected chi connectivity index (χ2v) is 8.58. The number of carbonyl (C=O) groups is 1. The van der Waals surface area contributed by atoms with Gasteiger partial charge >= 0.3 is 0 Å². The van der Waals surface area contributed by atoms with Gasteiger partial charge in [-0.1, -0.05) is 54.4 Å². The van der Waals surface area contributed by atoms with Crippen molar-refractivity contribution in [1.82, 2.24) is 15.4 Å². The largest absolute Gasteiger partial charge is 0.456 e. The summed E-state index contributed by atoms with van der Waals surface area (Å²) >= 11 is 6.40. The molecule has 4 aromatic rings. The molecule has 2 aromatic carbocycles. The Kier molecular flexibility index (Phi) is 5.93. The first kappa shape index (κ1) is 20.7. The van der Waals surface area contributed by atoms with Gasteiger partial charge < -0.3 is 4.42 Å². The van der Waals surface area contributed by atoms with Crippen LogP contribution in [0.4, 0.5) is 0 Å². The van der Waals surface area contributed by atoms with E-state index in [0.29, 0.717) is 17.1 Å². The fraction of sp³-hybridized carbons (Fsp3) is 0.231. The smallest absolute Gasteiger partial charge is 0.284 e. The molecule has 1 saturated heterocycles. The predicted molar refractivity (Wildman–Crippen MR) is 127 cm³/mol. The SMILES string of the molecule is O=C(NN1CCCCC1)c1cccc(Cc2cc(Cl)cc3cc(-c4ccccc4)oc23)n1. The van der Waals surface area contributed by atoms with Gasteiger partial charge in [0, 0.05) is 46.7 Å². The minimum Gasteiger partial charge on any atom is -0.456 e. The third kappa shape index (κ3) is 4.54. The first-order valence-electron chi connectivity index (χ1n) is 10.9. The van der Waals surface area contributed by atoms with Gasteiger partial charge in [-0.2, -0.15) is 0 Å². The van der Waals surface area contributed by atoms with Crippen molar-refractivity contribution in [3.05, 3.63) is 88.7 Å². The summed E-state index contributed by atoms with van der Waals surface area (Å²) in [5.41, 5.74) is 6.93. The Labute approximate surface area is 192 Å². The molecule has 1 amide bonds. The maximum atomic E-state index is 12.7. The Morgan fingerprint density at radius 1 is 1.00 bits per heavy atom. The highest BCUT2D eigenvalue weighted by molar-refractivity contribution is 6.31. The number of piperidine rings is 1. The summed E-state index contributed by atoms with van der Waals surface area (Å²) in [6.07, 6.45) is 3.94. The molecule has 3 heterocycles. The number of pyridine rings is 1. The van der Waals surface area contributed by atoms with Gasteiger partial charge in [-0.15, -0.1) is 0 Å². The highest BCUT2D eigenvalue weighted by Gasteiger charge is 2.16.